The summed E-state index contributed by atoms with van der Waals surface area (Å²) < 4.78 is 77.7. The van der Waals surface area contributed by atoms with Crippen LogP contribution < -0.4 is 9.62 Å². The molecule has 2 aromatic rings. The van der Waals surface area contributed by atoms with Crippen molar-refractivity contribution >= 4 is 33.5 Å². The Morgan fingerprint density at radius 3 is 2.37 bits per heavy atom. The van der Waals surface area contributed by atoms with Gasteiger partial charge < -0.3 is 9.80 Å². The minimum absolute atomic E-state index is 0.0730. The van der Waals surface area contributed by atoms with Crippen LogP contribution in [0.5, 0.6) is 0 Å². The van der Waals surface area contributed by atoms with Crippen molar-refractivity contribution in [3.63, 3.8) is 0 Å². The van der Waals surface area contributed by atoms with Gasteiger partial charge in [-0.3, -0.25) is 0 Å². The molecule has 7 nitrogen and oxygen atoms in total. The number of sulfonamides is 1. The summed E-state index contributed by atoms with van der Waals surface area (Å²) in [5, 5.41) is -0.184. The number of rotatable bonds is 3. The second kappa shape index (κ2) is 8.26. The average Bonchev–Trinajstić information content (AvgIpc) is 2.67. The van der Waals surface area contributed by atoms with Gasteiger partial charge in [0.05, 0.1) is 15.5 Å². The van der Waals surface area contributed by atoms with Crippen LogP contribution in [0.4, 0.5) is 28.2 Å². The number of pyridine rings is 1. The molecular formula is C17H15ClF4N4O3S. The third-order valence-electron chi connectivity index (χ3n) is 4.34. The van der Waals surface area contributed by atoms with Gasteiger partial charge in [-0.25, -0.2) is 27.3 Å². The first kappa shape index (κ1) is 22.1. The maximum atomic E-state index is 13.2. The van der Waals surface area contributed by atoms with Crippen LogP contribution in [0.15, 0.2) is 41.4 Å². The Labute approximate surface area is 174 Å². The maximum Gasteiger partial charge on any atom is 0.417 e. The van der Waals surface area contributed by atoms with Gasteiger partial charge in [-0.2, -0.15) is 13.2 Å². The number of alkyl halides is 3. The summed E-state index contributed by atoms with van der Waals surface area (Å²) in [5.74, 6) is -0.628. The Hall–Kier alpha value is -2.60. The zero-order valence-electron chi connectivity index (χ0n) is 15.2. The number of carbonyl (C=O) groups excluding carboxylic acids is 1. The molecular weight excluding hydrogens is 452 g/mol. The fourth-order valence-electron chi connectivity index (χ4n) is 2.81. The lowest BCUT2D eigenvalue weighted by Gasteiger charge is -2.35. The Morgan fingerprint density at radius 2 is 1.80 bits per heavy atom. The molecule has 2 heterocycles. The van der Waals surface area contributed by atoms with Crippen LogP contribution >= 0.6 is 11.6 Å². The number of benzene rings is 1. The van der Waals surface area contributed by atoms with E-state index >= 15 is 0 Å². The number of nitrogens with zero attached hydrogens (tertiary/aromatic N) is 3. The van der Waals surface area contributed by atoms with Crippen molar-refractivity contribution < 1.29 is 30.8 Å². The molecule has 1 aromatic heterocycles. The molecule has 0 unspecified atom stereocenters. The molecule has 0 saturated carbocycles. The van der Waals surface area contributed by atoms with Gasteiger partial charge in [0.15, 0.2) is 0 Å². The SMILES string of the molecule is O=C(NS(=O)(=O)c1cccc(F)c1)N1CCN(c2ncc(C(F)(F)F)cc2Cl)CC1. The smallest absolute Gasteiger partial charge is 0.352 e. The largest absolute Gasteiger partial charge is 0.417 e. The predicted octanol–water partition coefficient (Wildman–Crippen LogP) is 3.11. The fourth-order valence-corrected chi connectivity index (χ4v) is 4.10. The highest BCUT2D eigenvalue weighted by atomic mass is 35.5. The highest BCUT2D eigenvalue weighted by molar-refractivity contribution is 7.90. The van der Waals surface area contributed by atoms with E-state index in [-0.39, 0.29) is 37.0 Å². The van der Waals surface area contributed by atoms with Crippen molar-refractivity contribution in [1.82, 2.24) is 14.6 Å². The second-order valence-electron chi connectivity index (χ2n) is 6.37. The summed E-state index contributed by atoms with van der Waals surface area (Å²) in [6.07, 6.45) is -3.90. The third kappa shape index (κ3) is 4.93. The van der Waals surface area contributed by atoms with Crippen LogP contribution in [0.25, 0.3) is 0 Å². The number of hydrogen-bond acceptors (Lipinski definition) is 5. The Balaban J connectivity index is 1.63. The normalized spacial score (nSPS) is 15.2. The van der Waals surface area contributed by atoms with Gasteiger partial charge >= 0.3 is 12.2 Å². The van der Waals surface area contributed by atoms with E-state index in [1.807, 2.05) is 4.72 Å². The summed E-state index contributed by atoms with van der Waals surface area (Å²) in [6.45, 7) is 0.490. The summed E-state index contributed by atoms with van der Waals surface area (Å²) in [7, 11) is -4.26. The van der Waals surface area contributed by atoms with Crippen LogP contribution in [0.3, 0.4) is 0 Å². The van der Waals surface area contributed by atoms with E-state index in [2.05, 4.69) is 4.98 Å². The monoisotopic (exact) mass is 466 g/mol. The summed E-state index contributed by atoms with van der Waals surface area (Å²) in [4.78, 5) is 18.5. The van der Waals surface area contributed by atoms with Gasteiger partial charge in [0, 0.05) is 32.4 Å². The van der Waals surface area contributed by atoms with Gasteiger partial charge in [0.25, 0.3) is 10.0 Å². The lowest BCUT2D eigenvalue weighted by molar-refractivity contribution is -0.137. The molecule has 13 heteroatoms. The van der Waals surface area contributed by atoms with Gasteiger partial charge in [0.1, 0.15) is 11.6 Å². The average molecular weight is 467 g/mol. The van der Waals surface area contributed by atoms with Gasteiger partial charge in [-0.05, 0) is 24.3 Å². The molecule has 1 N–H and O–H groups in total. The van der Waals surface area contributed by atoms with Crippen molar-refractivity contribution in [2.75, 3.05) is 31.1 Å². The predicted molar refractivity (Wildman–Crippen MR) is 100 cm³/mol. The minimum Gasteiger partial charge on any atom is -0.352 e. The molecule has 1 saturated heterocycles. The molecule has 0 radical (unpaired) electrons. The number of carbonyl (C=O) groups is 1. The zero-order chi connectivity index (χ0) is 22.1. The number of amides is 2. The van der Waals surface area contributed by atoms with Crippen molar-refractivity contribution in [1.29, 1.82) is 0 Å². The van der Waals surface area contributed by atoms with E-state index in [4.69, 9.17) is 11.6 Å². The molecule has 30 heavy (non-hydrogen) atoms. The lowest BCUT2D eigenvalue weighted by Crippen LogP contribution is -2.53. The molecule has 1 aliphatic rings. The Morgan fingerprint density at radius 1 is 1.13 bits per heavy atom. The molecule has 0 aliphatic carbocycles. The summed E-state index contributed by atoms with van der Waals surface area (Å²) in [5.41, 5.74) is -0.975. The third-order valence-corrected chi connectivity index (χ3v) is 5.94. The standard InChI is InChI=1S/C17H15ClF4N4O3S/c18-14-8-11(17(20,21)22)10-23-15(14)25-4-6-26(7-5-25)16(27)24-30(28,29)13-3-1-2-12(19)9-13/h1-3,8-10H,4-7H2,(H,24,27). The number of anilines is 1. The second-order valence-corrected chi connectivity index (χ2v) is 8.46. The fraction of sp³-hybridized carbons (Fsp3) is 0.294. The molecule has 3 rings (SSSR count). The van der Waals surface area contributed by atoms with Gasteiger partial charge in [0.2, 0.25) is 0 Å². The number of piperazine rings is 1. The van der Waals surface area contributed by atoms with Gasteiger partial charge in [-0.15, -0.1) is 0 Å². The van der Waals surface area contributed by atoms with Crippen LogP contribution in [0.2, 0.25) is 5.02 Å². The van der Waals surface area contributed by atoms with E-state index in [1.165, 1.54) is 11.0 Å². The summed E-state index contributed by atoms with van der Waals surface area (Å²) in [6, 6.07) is 4.08. The first-order chi connectivity index (χ1) is 14.0. The topological polar surface area (TPSA) is 82.6 Å². The number of nitrogens with one attached hydrogen (secondary N) is 1. The van der Waals surface area contributed by atoms with Crippen LogP contribution in [0.1, 0.15) is 5.56 Å². The molecule has 2 amide bonds. The molecule has 162 valence electrons. The first-order valence-electron chi connectivity index (χ1n) is 8.52. The van der Waals surface area contributed by atoms with Crippen LogP contribution in [-0.4, -0.2) is 50.5 Å². The highest BCUT2D eigenvalue weighted by Gasteiger charge is 2.33. The first-order valence-corrected chi connectivity index (χ1v) is 10.4. The van der Waals surface area contributed by atoms with E-state index in [1.54, 1.807) is 4.90 Å². The molecule has 1 aromatic carbocycles. The maximum absolute atomic E-state index is 13.2. The van der Waals surface area contributed by atoms with Crippen molar-refractivity contribution in [3.8, 4) is 0 Å². The van der Waals surface area contributed by atoms with Crippen LogP contribution in [0, 0.1) is 5.82 Å². The van der Waals surface area contributed by atoms with Crippen LogP contribution in [-0.2, 0) is 16.2 Å². The number of urea groups is 1. The lowest BCUT2D eigenvalue weighted by atomic mass is 10.2. The Bertz CT molecular complexity index is 1060. The minimum atomic E-state index is -4.57. The number of halogens is 5. The molecule has 1 fully saturated rings. The zero-order valence-corrected chi connectivity index (χ0v) is 16.7. The molecule has 1 aliphatic heterocycles. The molecule has 0 bridgehead atoms. The highest BCUT2D eigenvalue weighted by Crippen LogP contribution is 2.33. The summed E-state index contributed by atoms with van der Waals surface area (Å²) >= 11 is 5.93. The van der Waals surface area contributed by atoms with E-state index in [0.717, 1.165) is 24.3 Å². The van der Waals surface area contributed by atoms with Gasteiger partial charge in [-0.1, -0.05) is 17.7 Å². The van der Waals surface area contributed by atoms with E-state index < -0.39 is 38.5 Å². The Kier molecular flexibility index (Phi) is 6.09. The van der Waals surface area contributed by atoms with Crippen molar-refractivity contribution in [2.45, 2.75) is 11.1 Å². The van der Waals surface area contributed by atoms with Crippen molar-refractivity contribution in [3.05, 3.63) is 52.9 Å². The number of hydrogen-bond donors (Lipinski definition) is 1. The molecule has 0 spiro atoms. The van der Waals surface area contributed by atoms with E-state index in [0.29, 0.717) is 6.20 Å². The molecule has 0 atom stereocenters. The number of aromatic nitrogens is 1. The quantitative estimate of drug-likeness (QED) is 0.703. The van der Waals surface area contributed by atoms with Crippen molar-refractivity contribution in [2.24, 2.45) is 0 Å². The van der Waals surface area contributed by atoms with E-state index in [9.17, 15) is 30.8 Å².